The average Bonchev–Trinajstić information content (AvgIpc) is 2.75. The molecule has 0 saturated carbocycles. The van der Waals surface area contributed by atoms with Gasteiger partial charge in [0.1, 0.15) is 0 Å². The molecule has 0 bridgehead atoms. The second-order valence-corrected chi connectivity index (χ2v) is 4.84. The van der Waals surface area contributed by atoms with Crippen LogP contribution in [-0.4, -0.2) is 22.9 Å². The molecule has 1 aromatic heterocycles. The van der Waals surface area contributed by atoms with E-state index in [9.17, 15) is 0 Å². The lowest BCUT2D eigenvalue weighted by Gasteiger charge is -2.16. The van der Waals surface area contributed by atoms with E-state index in [2.05, 4.69) is 37.7 Å². The Morgan fingerprint density at radius 2 is 2.13 bits per heavy atom. The average molecular weight is 207 g/mol. The van der Waals surface area contributed by atoms with Gasteiger partial charge in [0.05, 0.1) is 11.7 Å². The highest BCUT2D eigenvalue weighted by atomic mass is 15.3. The smallest absolute Gasteiger partial charge is 0.0659 e. The lowest BCUT2D eigenvalue weighted by molar-refractivity contribution is 0.460. The van der Waals surface area contributed by atoms with Crippen LogP contribution < -0.4 is 5.32 Å². The summed E-state index contributed by atoms with van der Waals surface area (Å²) < 4.78 is 2.26. The summed E-state index contributed by atoms with van der Waals surface area (Å²) in [5.41, 5.74) is 3.98. The molecule has 15 heavy (non-hydrogen) atoms. The third-order valence-electron chi connectivity index (χ3n) is 3.36. The number of hydrogen-bond donors (Lipinski definition) is 1. The highest BCUT2D eigenvalue weighted by molar-refractivity contribution is 5.26. The molecular formula is C12H21N3. The van der Waals surface area contributed by atoms with Crippen molar-refractivity contribution >= 4 is 0 Å². The Hall–Kier alpha value is -0.830. The molecule has 1 atom stereocenters. The maximum Gasteiger partial charge on any atom is 0.0659 e. The molecular weight excluding hydrogens is 186 g/mol. The van der Waals surface area contributed by atoms with E-state index in [0.717, 1.165) is 13.1 Å². The molecule has 1 saturated heterocycles. The van der Waals surface area contributed by atoms with Crippen LogP contribution in [0.3, 0.4) is 0 Å². The molecule has 2 rings (SSSR count). The molecule has 0 amide bonds. The molecule has 1 aliphatic rings. The van der Waals surface area contributed by atoms with Gasteiger partial charge in [-0.1, -0.05) is 13.8 Å². The SMILES string of the molecule is Cc1nn(C2CCNC2)c(C(C)C)c1C. The van der Waals surface area contributed by atoms with E-state index >= 15 is 0 Å². The zero-order chi connectivity index (χ0) is 11.0. The maximum atomic E-state index is 4.69. The Kier molecular flexibility index (Phi) is 2.83. The van der Waals surface area contributed by atoms with Gasteiger partial charge in [-0.25, -0.2) is 0 Å². The first-order valence-corrected chi connectivity index (χ1v) is 5.87. The highest BCUT2D eigenvalue weighted by Crippen LogP contribution is 2.26. The van der Waals surface area contributed by atoms with Crippen LogP contribution in [-0.2, 0) is 0 Å². The maximum absolute atomic E-state index is 4.69. The molecule has 1 aliphatic heterocycles. The molecule has 0 aromatic carbocycles. The van der Waals surface area contributed by atoms with Crippen molar-refractivity contribution in [2.45, 2.75) is 46.1 Å². The summed E-state index contributed by atoms with van der Waals surface area (Å²) in [7, 11) is 0. The van der Waals surface area contributed by atoms with Crippen molar-refractivity contribution in [2.24, 2.45) is 0 Å². The van der Waals surface area contributed by atoms with Gasteiger partial charge < -0.3 is 5.32 Å². The van der Waals surface area contributed by atoms with Gasteiger partial charge in [0.2, 0.25) is 0 Å². The van der Waals surface area contributed by atoms with Crippen LogP contribution in [0.4, 0.5) is 0 Å². The lowest BCUT2D eigenvalue weighted by atomic mass is 10.0. The van der Waals surface area contributed by atoms with Crippen LogP contribution in [0.25, 0.3) is 0 Å². The minimum atomic E-state index is 0.562. The van der Waals surface area contributed by atoms with Gasteiger partial charge in [0.15, 0.2) is 0 Å². The highest BCUT2D eigenvalue weighted by Gasteiger charge is 2.23. The lowest BCUT2D eigenvalue weighted by Crippen LogP contribution is -2.17. The number of nitrogens with one attached hydrogen (secondary N) is 1. The number of nitrogens with zero attached hydrogens (tertiary/aromatic N) is 2. The van der Waals surface area contributed by atoms with Crippen molar-refractivity contribution in [1.29, 1.82) is 0 Å². The zero-order valence-corrected chi connectivity index (χ0v) is 10.2. The Morgan fingerprint density at radius 3 is 2.67 bits per heavy atom. The van der Waals surface area contributed by atoms with Crippen molar-refractivity contribution in [1.82, 2.24) is 15.1 Å². The van der Waals surface area contributed by atoms with E-state index in [1.165, 1.54) is 23.4 Å². The number of aromatic nitrogens is 2. The summed E-state index contributed by atoms with van der Waals surface area (Å²) in [6.45, 7) is 11.0. The van der Waals surface area contributed by atoms with Crippen molar-refractivity contribution in [3.05, 3.63) is 17.0 Å². The van der Waals surface area contributed by atoms with Crippen LogP contribution in [0.15, 0.2) is 0 Å². The number of rotatable bonds is 2. The van der Waals surface area contributed by atoms with Crippen LogP contribution in [0.5, 0.6) is 0 Å². The summed E-state index contributed by atoms with van der Waals surface area (Å²) in [5, 5.41) is 8.09. The fraction of sp³-hybridized carbons (Fsp3) is 0.750. The molecule has 0 aliphatic carbocycles. The van der Waals surface area contributed by atoms with E-state index in [1.807, 2.05) is 0 Å². The van der Waals surface area contributed by atoms with Crippen molar-refractivity contribution in [3.63, 3.8) is 0 Å². The van der Waals surface area contributed by atoms with Crippen molar-refractivity contribution in [3.8, 4) is 0 Å². The van der Waals surface area contributed by atoms with E-state index in [4.69, 9.17) is 5.10 Å². The predicted molar refractivity (Wildman–Crippen MR) is 62.3 cm³/mol. The molecule has 1 fully saturated rings. The zero-order valence-electron chi connectivity index (χ0n) is 10.2. The summed E-state index contributed by atoms with van der Waals surface area (Å²) in [4.78, 5) is 0. The van der Waals surface area contributed by atoms with E-state index in [0.29, 0.717) is 12.0 Å². The molecule has 2 heterocycles. The van der Waals surface area contributed by atoms with E-state index < -0.39 is 0 Å². The van der Waals surface area contributed by atoms with Crippen LogP contribution in [0.2, 0.25) is 0 Å². The fourth-order valence-electron chi connectivity index (χ4n) is 2.47. The molecule has 1 N–H and O–H groups in total. The molecule has 0 spiro atoms. The molecule has 84 valence electrons. The molecule has 1 aromatic rings. The first-order valence-electron chi connectivity index (χ1n) is 5.87. The quantitative estimate of drug-likeness (QED) is 0.805. The third kappa shape index (κ3) is 1.81. The van der Waals surface area contributed by atoms with Gasteiger partial charge in [-0.2, -0.15) is 5.10 Å². The first kappa shape index (κ1) is 10.7. The van der Waals surface area contributed by atoms with Crippen LogP contribution in [0, 0.1) is 13.8 Å². The van der Waals surface area contributed by atoms with Crippen molar-refractivity contribution < 1.29 is 0 Å². The predicted octanol–water partition coefficient (Wildman–Crippen LogP) is 2.16. The Morgan fingerprint density at radius 1 is 1.40 bits per heavy atom. The molecule has 1 unspecified atom stereocenters. The Balaban J connectivity index is 2.40. The number of hydrogen-bond acceptors (Lipinski definition) is 2. The van der Waals surface area contributed by atoms with E-state index in [-0.39, 0.29) is 0 Å². The minimum Gasteiger partial charge on any atom is -0.315 e. The Labute approximate surface area is 91.9 Å². The van der Waals surface area contributed by atoms with Gasteiger partial charge in [-0.15, -0.1) is 0 Å². The fourth-order valence-corrected chi connectivity index (χ4v) is 2.47. The van der Waals surface area contributed by atoms with Crippen molar-refractivity contribution in [2.75, 3.05) is 13.1 Å². The van der Waals surface area contributed by atoms with Gasteiger partial charge in [0, 0.05) is 12.2 Å². The monoisotopic (exact) mass is 207 g/mol. The standard InChI is InChI=1S/C12H21N3/c1-8(2)12-9(3)10(4)14-15(12)11-5-6-13-7-11/h8,11,13H,5-7H2,1-4H3. The van der Waals surface area contributed by atoms with Crippen LogP contribution >= 0.6 is 0 Å². The summed E-state index contributed by atoms with van der Waals surface area (Å²) in [6.07, 6.45) is 1.21. The molecule has 0 radical (unpaired) electrons. The van der Waals surface area contributed by atoms with Gasteiger partial charge in [-0.3, -0.25) is 4.68 Å². The minimum absolute atomic E-state index is 0.562. The molecule has 3 heteroatoms. The summed E-state index contributed by atoms with van der Waals surface area (Å²) in [5.74, 6) is 0.562. The van der Waals surface area contributed by atoms with Crippen LogP contribution in [0.1, 0.15) is 49.2 Å². The van der Waals surface area contributed by atoms with Gasteiger partial charge >= 0.3 is 0 Å². The largest absolute Gasteiger partial charge is 0.315 e. The summed E-state index contributed by atoms with van der Waals surface area (Å²) in [6, 6.07) is 0.565. The summed E-state index contributed by atoms with van der Waals surface area (Å²) >= 11 is 0. The third-order valence-corrected chi connectivity index (χ3v) is 3.36. The van der Waals surface area contributed by atoms with E-state index in [1.54, 1.807) is 0 Å². The second kappa shape index (κ2) is 3.97. The number of aryl methyl sites for hydroxylation is 1. The van der Waals surface area contributed by atoms with Gasteiger partial charge in [0.25, 0.3) is 0 Å². The normalized spacial score (nSPS) is 21.5. The molecule has 3 nitrogen and oxygen atoms in total. The Bertz CT molecular complexity index is 346. The second-order valence-electron chi connectivity index (χ2n) is 4.84. The van der Waals surface area contributed by atoms with Gasteiger partial charge in [-0.05, 0) is 38.3 Å². The topological polar surface area (TPSA) is 29.9 Å². The first-order chi connectivity index (χ1) is 7.11.